The van der Waals surface area contributed by atoms with Crippen molar-refractivity contribution in [1.29, 1.82) is 0 Å². The molecule has 0 saturated heterocycles. The van der Waals surface area contributed by atoms with E-state index in [0.29, 0.717) is 12.8 Å². The van der Waals surface area contributed by atoms with Crippen molar-refractivity contribution in [2.45, 2.75) is 91.6 Å². The highest BCUT2D eigenvalue weighted by Crippen LogP contribution is 2.11. The van der Waals surface area contributed by atoms with Crippen LogP contribution >= 0.6 is 0 Å². The Kier molecular flexibility index (Phi) is 15.9. The zero-order chi connectivity index (χ0) is 34.2. The standard InChI is InChI=1S/C35H50N4O7/c1-22(2)17-27(38-35(45)46-21-26-15-11-8-12-16-26)30(40)20-36-28(18-23(3)4)32(41)39-31(24(5)6)33(42)37-29(34(43)44)19-25-13-9-7-10-14-25/h7-16,22-24,27-29,31,36H,17-21H2,1-6H3,(H,37,42)(H,38,45)(H,39,41)(H,43,44)/t27-,28-,29-,31-/m0/s1. The zero-order valence-corrected chi connectivity index (χ0v) is 27.7. The van der Waals surface area contributed by atoms with Gasteiger partial charge in [0.2, 0.25) is 11.8 Å². The maximum absolute atomic E-state index is 13.5. The van der Waals surface area contributed by atoms with Crippen LogP contribution in [0.3, 0.4) is 0 Å². The fourth-order valence-electron chi connectivity index (χ4n) is 4.85. The quantitative estimate of drug-likeness (QED) is 0.155. The predicted octanol–water partition coefficient (Wildman–Crippen LogP) is 3.85. The van der Waals surface area contributed by atoms with E-state index in [1.165, 1.54) is 0 Å². The summed E-state index contributed by atoms with van der Waals surface area (Å²) in [7, 11) is 0. The summed E-state index contributed by atoms with van der Waals surface area (Å²) in [5, 5.41) is 20.8. The maximum atomic E-state index is 13.5. The molecule has 5 N–H and O–H groups in total. The van der Waals surface area contributed by atoms with Gasteiger partial charge in [0, 0.05) is 6.42 Å². The molecule has 0 spiro atoms. The summed E-state index contributed by atoms with van der Waals surface area (Å²) in [5.74, 6) is -2.77. The van der Waals surface area contributed by atoms with Gasteiger partial charge in [-0.25, -0.2) is 9.59 Å². The number of alkyl carbamates (subject to hydrolysis) is 1. The molecule has 0 aliphatic rings. The van der Waals surface area contributed by atoms with Gasteiger partial charge in [-0.1, -0.05) is 102 Å². The molecule has 0 aliphatic carbocycles. The molecule has 11 nitrogen and oxygen atoms in total. The number of carboxylic acids is 1. The highest BCUT2D eigenvalue weighted by atomic mass is 16.5. The van der Waals surface area contributed by atoms with E-state index in [1.54, 1.807) is 38.1 Å². The predicted molar refractivity (Wildman–Crippen MR) is 176 cm³/mol. The summed E-state index contributed by atoms with van der Waals surface area (Å²) in [6, 6.07) is 14.3. The molecule has 252 valence electrons. The van der Waals surface area contributed by atoms with Gasteiger partial charge < -0.3 is 25.8 Å². The number of Topliss-reactive ketones (excluding diaryl/α,β-unsaturated/α-hetero) is 1. The molecule has 0 aromatic heterocycles. The average molecular weight is 639 g/mol. The van der Waals surface area contributed by atoms with Gasteiger partial charge in [-0.2, -0.15) is 0 Å². The van der Waals surface area contributed by atoms with E-state index in [-0.39, 0.29) is 43.1 Å². The van der Waals surface area contributed by atoms with E-state index in [4.69, 9.17) is 4.74 Å². The Balaban J connectivity index is 2.06. The van der Waals surface area contributed by atoms with E-state index in [0.717, 1.165) is 11.1 Å². The largest absolute Gasteiger partial charge is 0.480 e. The van der Waals surface area contributed by atoms with Crippen molar-refractivity contribution in [3.05, 3.63) is 71.8 Å². The molecule has 0 radical (unpaired) electrons. The second kappa shape index (κ2) is 19.3. The van der Waals surface area contributed by atoms with Gasteiger partial charge in [-0.15, -0.1) is 0 Å². The molecule has 11 heteroatoms. The summed E-state index contributed by atoms with van der Waals surface area (Å²) in [6.45, 7) is 11.1. The molecule has 0 aliphatic heterocycles. The number of rotatable bonds is 19. The van der Waals surface area contributed by atoms with E-state index in [1.807, 2.05) is 64.1 Å². The Bertz CT molecular complexity index is 1270. The minimum Gasteiger partial charge on any atom is -0.480 e. The number of carbonyl (C=O) groups excluding carboxylic acids is 4. The highest BCUT2D eigenvalue weighted by molar-refractivity contribution is 5.93. The van der Waals surface area contributed by atoms with Crippen molar-refractivity contribution in [3.63, 3.8) is 0 Å². The van der Waals surface area contributed by atoms with Crippen LogP contribution in [0, 0.1) is 17.8 Å². The average Bonchev–Trinajstić information content (AvgIpc) is 3.00. The first-order valence-electron chi connectivity index (χ1n) is 15.9. The summed E-state index contributed by atoms with van der Waals surface area (Å²) >= 11 is 0. The maximum Gasteiger partial charge on any atom is 0.408 e. The van der Waals surface area contributed by atoms with Crippen LogP contribution in [-0.2, 0) is 36.9 Å². The summed E-state index contributed by atoms with van der Waals surface area (Å²) < 4.78 is 5.31. The lowest BCUT2D eigenvalue weighted by Crippen LogP contribution is -2.58. The van der Waals surface area contributed by atoms with Crippen LogP contribution in [0.15, 0.2) is 60.7 Å². The minimum atomic E-state index is -1.18. The molecule has 4 atom stereocenters. The van der Waals surface area contributed by atoms with Crippen LogP contribution in [-0.4, -0.2) is 65.5 Å². The molecule has 2 aromatic carbocycles. The summed E-state index contributed by atoms with van der Waals surface area (Å²) in [5.41, 5.74) is 1.57. The third kappa shape index (κ3) is 13.8. The molecule has 2 rings (SSSR count). The first-order chi connectivity index (χ1) is 21.8. The van der Waals surface area contributed by atoms with Gasteiger partial charge in [-0.05, 0) is 41.7 Å². The van der Waals surface area contributed by atoms with Gasteiger partial charge in [0.15, 0.2) is 5.78 Å². The molecular formula is C35H50N4O7. The molecule has 0 unspecified atom stereocenters. The van der Waals surface area contributed by atoms with E-state index in [9.17, 15) is 29.1 Å². The van der Waals surface area contributed by atoms with Crippen molar-refractivity contribution >= 4 is 29.7 Å². The van der Waals surface area contributed by atoms with Crippen LogP contribution in [0.4, 0.5) is 4.79 Å². The topological polar surface area (TPSA) is 163 Å². The fraction of sp³-hybridized carbons (Fsp3) is 0.514. The molecule has 0 bridgehead atoms. The number of carbonyl (C=O) groups is 5. The second-order valence-corrected chi connectivity index (χ2v) is 12.7. The van der Waals surface area contributed by atoms with E-state index in [2.05, 4.69) is 21.3 Å². The summed E-state index contributed by atoms with van der Waals surface area (Å²) in [6.07, 6.45) is 0.132. The Morgan fingerprint density at radius 2 is 1.22 bits per heavy atom. The Labute approximate surface area is 272 Å². The minimum absolute atomic E-state index is 0.0637. The van der Waals surface area contributed by atoms with Crippen molar-refractivity contribution < 1.29 is 33.8 Å². The first-order valence-corrected chi connectivity index (χ1v) is 15.9. The van der Waals surface area contributed by atoms with Crippen LogP contribution in [0.25, 0.3) is 0 Å². The molecule has 3 amide bonds. The van der Waals surface area contributed by atoms with Crippen LogP contribution in [0.5, 0.6) is 0 Å². The van der Waals surface area contributed by atoms with Gasteiger partial charge >= 0.3 is 12.1 Å². The Morgan fingerprint density at radius 3 is 1.74 bits per heavy atom. The fourth-order valence-corrected chi connectivity index (χ4v) is 4.85. The molecule has 0 heterocycles. The van der Waals surface area contributed by atoms with Crippen LogP contribution in [0.2, 0.25) is 0 Å². The lowest BCUT2D eigenvalue weighted by atomic mass is 9.98. The SMILES string of the molecule is CC(C)C[C@H](NC(=O)OCc1ccccc1)C(=O)CN[C@@H](CC(C)C)C(=O)N[C@H](C(=O)N[C@@H](Cc1ccccc1)C(=O)O)C(C)C. The third-order valence-corrected chi connectivity index (χ3v) is 7.29. The van der Waals surface area contributed by atoms with Crippen molar-refractivity contribution in [1.82, 2.24) is 21.3 Å². The van der Waals surface area contributed by atoms with Crippen molar-refractivity contribution in [2.24, 2.45) is 17.8 Å². The Morgan fingerprint density at radius 1 is 0.674 bits per heavy atom. The van der Waals surface area contributed by atoms with Gasteiger partial charge in [0.25, 0.3) is 0 Å². The summed E-state index contributed by atoms with van der Waals surface area (Å²) in [4.78, 5) is 64.5. The number of nitrogens with one attached hydrogen (secondary N) is 4. The third-order valence-electron chi connectivity index (χ3n) is 7.29. The zero-order valence-electron chi connectivity index (χ0n) is 27.7. The molecular weight excluding hydrogens is 588 g/mol. The van der Waals surface area contributed by atoms with Crippen LogP contribution < -0.4 is 21.3 Å². The lowest BCUT2D eigenvalue weighted by molar-refractivity contribution is -0.142. The number of benzene rings is 2. The Hall–Kier alpha value is -4.25. The molecule has 0 fully saturated rings. The molecule has 46 heavy (non-hydrogen) atoms. The molecule has 0 saturated carbocycles. The number of ether oxygens (including phenoxy) is 1. The van der Waals surface area contributed by atoms with Gasteiger partial charge in [0.1, 0.15) is 18.7 Å². The number of amides is 3. The number of hydrogen-bond acceptors (Lipinski definition) is 7. The van der Waals surface area contributed by atoms with Crippen LogP contribution in [0.1, 0.15) is 65.5 Å². The first kappa shape index (κ1) is 37.9. The number of hydrogen-bond donors (Lipinski definition) is 5. The van der Waals surface area contributed by atoms with Gasteiger partial charge in [0.05, 0.1) is 18.6 Å². The molecule has 2 aromatic rings. The van der Waals surface area contributed by atoms with Crippen molar-refractivity contribution in [2.75, 3.05) is 6.54 Å². The number of aliphatic carboxylic acids is 1. The second-order valence-electron chi connectivity index (χ2n) is 12.7. The lowest BCUT2D eigenvalue weighted by Gasteiger charge is -2.27. The number of ketones is 1. The van der Waals surface area contributed by atoms with E-state index >= 15 is 0 Å². The monoisotopic (exact) mass is 638 g/mol. The smallest absolute Gasteiger partial charge is 0.408 e. The van der Waals surface area contributed by atoms with Gasteiger partial charge in [-0.3, -0.25) is 19.7 Å². The van der Waals surface area contributed by atoms with E-state index < -0.39 is 48.0 Å². The number of carboxylic acid groups (broad SMARTS) is 1. The highest BCUT2D eigenvalue weighted by Gasteiger charge is 2.32. The van der Waals surface area contributed by atoms with Crippen molar-refractivity contribution in [3.8, 4) is 0 Å². The normalized spacial score (nSPS) is 13.8.